The Kier molecular flexibility index (Phi) is 5.31. The molecule has 0 aromatic carbocycles. The lowest BCUT2D eigenvalue weighted by Crippen LogP contribution is -2.39. The van der Waals surface area contributed by atoms with E-state index in [4.69, 9.17) is 9.47 Å². The molecule has 4 heteroatoms. The van der Waals surface area contributed by atoms with Crippen molar-refractivity contribution in [1.29, 1.82) is 0 Å². The molecule has 0 spiro atoms. The zero-order valence-electron chi connectivity index (χ0n) is 8.16. The van der Waals surface area contributed by atoms with E-state index in [0.29, 0.717) is 13.2 Å². The summed E-state index contributed by atoms with van der Waals surface area (Å²) in [5, 5.41) is 12.6. The van der Waals surface area contributed by atoms with Gasteiger partial charge in [0.15, 0.2) is 0 Å². The van der Waals surface area contributed by atoms with E-state index < -0.39 is 0 Å². The van der Waals surface area contributed by atoms with E-state index in [1.807, 2.05) is 6.92 Å². The molecule has 78 valence electrons. The lowest BCUT2D eigenvalue weighted by atomic mass is 10.2. The van der Waals surface area contributed by atoms with Gasteiger partial charge in [0.2, 0.25) is 0 Å². The summed E-state index contributed by atoms with van der Waals surface area (Å²) < 4.78 is 10.3. The molecule has 1 rings (SSSR count). The van der Waals surface area contributed by atoms with Crippen LogP contribution in [0.5, 0.6) is 0 Å². The molecule has 1 fully saturated rings. The summed E-state index contributed by atoms with van der Waals surface area (Å²) in [6, 6.07) is 0.113. The zero-order chi connectivity index (χ0) is 9.52. The molecular weight excluding hydrogens is 170 g/mol. The van der Waals surface area contributed by atoms with Crippen LogP contribution >= 0.6 is 0 Å². The number of hydrogen-bond acceptors (Lipinski definition) is 4. The smallest absolute Gasteiger partial charge is 0.0948 e. The quantitative estimate of drug-likeness (QED) is 0.566. The topological polar surface area (TPSA) is 50.7 Å². The molecule has 0 radical (unpaired) electrons. The molecule has 0 bridgehead atoms. The van der Waals surface area contributed by atoms with Crippen LogP contribution in [0.2, 0.25) is 0 Å². The van der Waals surface area contributed by atoms with E-state index in [2.05, 4.69) is 5.32 Å². The van der Waals surface area contributed by atoms with Gasteiger partial charge in [0.05, 0.1) is 25.4 Å². The molecule has 1 aliphatic rings. The third-order valence-electron chi connectivity index (χ3n) is 2.13. The molecule has 2 N–H and O–H groups in total. The number of hydrogen-bond donors (Lipinski definition) is 2. The molecule has 1 heterocycles. The molecule has 0 amide bonds. The molecule has 0 unspecified atom stereocenters. The first-order valence-electron chi connectivity index (χ1n) is 4.91. The summed E-state index contributed by atoms with van der Waals surface area (Å²) in [6.07, 6.45) is 0.643. The fraction of sp³-hybridized carbons (Fsp3) is 1.00. The Hall–Kier alpha value is -0.160. The van der Waals surface area contributed by atoms with Crippen LogP contribution < -0.4 is 5.32 Å². The minimum absolute atomic E-state index is 0.113. The summed E-state index contributed by atoms with van der Waals surface area (Å²) in [5.41, 5.74) is 0. The van der Waals surface area contributed by atoms with Crippen molar-refractivity contribution in [2.75, 3.05) is 33.0 Å². The number of aliphatic hydroxyl groups excluding tert-OH is 1. The highest BCUT2D eigenvalue weighted by Gasteiger charge is 2.24. The fourth-order valence-corrected chi connectivity index (χ4v) is 1.34. The van der Waals surface area contributed by atoms with Crippen molar-refractivity contribution in [3.63, 3.8) is 0 Å². The van der Waals surface area contributed by atoms with Gasteiger partial charge in [-0.2, -0.15) is 0 Å². The predicted molar refractivity (Wildman–Crippen MR) is 49.7 cm³/mol. The Morgan fingerprint density at radius 3 is 3.00 bits per heavy atom. The maximum absolute atomic E-state index is 9.37. The van der Waals surface area contributed by atoms with E-state index in [1.165, 1.54) is 0 Å². The highest BCUT2D eigenvalue weighted by molar-refractivity contribution is 4.80. The summed E-state index contributed by atoms with van der Waals surface area (Å²) in [7, 11) is 0. The van der Waals surface area contributed by atoms with Crippen LogP contribution in [0.4, 0.5) is 0 Å². The molecule has 0 saturated carbocycles. The van der Waals surface area contributed by atoms with Crippen molar-refractivity contribution in [2.24, 2.45) is 0 Å². The summed E-state index contributed by atoms with van der Waals surface area (Å²) in [6.45, 7) is 5.51. The summed E-state index contributed by atoms with van der Waals surface area (Å²) in [4.78, 5) is 0. The third kappa shape index (κ3) is 4.04. The lowest BCUT2D eigenvalue weighted by molar-refractivity contribution is 0.120. The van der Waals surface area contributed by atoms with Gasteiger partial charge in [0.1, 0.15) is 0 Å². The Labute approximate surface area is 79.2 Å². The molecule has 2 atom stereocenters. The SMILES string of the molecule is CCOCCCN[C@@H]1COC[C@H]1O. The predicted octanol–water partition coefficient (Wildman–Crippen LogP) is -0.238. The van der Waals surface area contributed by atoms with Crippen LogP contribution in [0.15, 0.2) is 0 Å². The number of nitrogens with one attached hydrogen (secondary N) is 1. The molecule has 1 saturated heterocycles. The van der Waals surface area contributed by atoms with Crippen molar-refractivity contribution in [3.05, 3.63) is 0 Å². The molecular formula is C9H19NO3. The van der Waals surface area contributed by atoms with E-state index in [-0.39, 0.29) is 12.1 Å². The highest BCUT2D eigenvalue weighted by Crippen LogP contribution is 2.04. The maximum atomic E-state index is 9.37. The van der Waals surface area contributed by atoms with Crippen molar-refractivity contribution >= 4 is 0 Å². The Bertz CT molecular complexity index is 132. The first-order valence-corrected chi connectivity index (χ1v) is 4.91. The number of ether oxygens (including phenoxy) is 2. The first kappa shape index (κ1) is 10.9. The van der Waals surface area contributed by atoms with Crippen molar-refractivity contribution in [1.82, 2.24) is 5.32 Å². The lowest BCUT2D eigenvalue weighted by Gasteiger charge is -2.13. The van der Waals surface area contributed by atoms with Crippen LogP contribution in [0.3, 0.4) is 0 Å². The van der Waals surface area contributed by atoms with Crippen LogP contribution in [0, 0.1) is 0 Å². The van der Waals surface area contributed by atoms with E-state index in [0.717, 1.165) is 26.2 Å². The summed E-state index contributed by atoms with van der Waals surface area (Å²) >= 11 is 0. The van der Waals surface area contributed by atoms with Gasteiger partial charge in [0.25, 0.3) is 0 Å². The van der Waals surface area contributed by atoms with Gasteiger partial charge in [-0.25, -0.2) is 0 Å². The van der Waals surface area contributed by atoms with Gasteiger partial charge < -0.3 is 19.9 Å². The van der Waals surface area contributed by atoms with Crippen molar-refractivity contribution in [2.45, 2.75) is 25.5 Å². The minimum Gasteiger partial charge on any atom is -0.389 e. The molecule has 4 nitrogen and oxygen atoms in total. The highest BCUT2D eigenvalue weighted by atomic mass is 16.5. The average molecular weight is 189 g/mol. The van der Waals surface area contributed by atoms with Gasteiger partial charge >= 0.3 is 0 Å². The molecule has 1 aliphatic heterocycles. The van der Waals surface area contributed by atoms with Crippen LogP contribution in [0.1, 0.15) is 13.3 Å². The average Bonchev–Trinajstić information content (AvgIpc) is 2.52. The number of rotatable bonds is 6. The zero-order valence-corrected chi connectivity index (χ0v) is 8.16. The second-order valence-electron chi connectivity index (χ2n) is 3.22. The molecule has 0 aromatic heterocycles. The largest absolute Gasteiger partial charge is 0.389 e. The van der Waals surface area contributed by atoms with Gasteiger partial charge in [-0.05, 0) is 19.9 Å². The van der Waals surface area contributed by atoms with Crippen LogP contribution in [0.25, 0.3) is 0 Å². The van der Waals surface area contributed by atoms with Gasteiger partial charge in [-0.1, -0.05) is 0 Å². The van der Waals surface area contributed by atoms with Gasteiger partial charge in [0, 0.05) is 13.2 Å². The van der Waals surface area contributed by atoms with E-state index in [9.17, 15) is 5.11 Å². The molecule has 0 aromatic rings. The Morgan fingerprint density at radius 1 is 1.54 bits per heavy atom. The molecule has 0 aliphatic carbocycles. The maximum Gasteiger partial charge on any atom is 0.0948 e. The third-order valence-corrected chi connectivity index (χ3v) is 2.13. The monoisotopic (exact) mass is 189 g/mol. The fourth-order valence-electron chi connectivity index (χ4n) is 1.34. The number of aliphatic hydroxyl groups is 1. The standard InChI is InChI=1S/C9H19NO3/c1-2-12-5-3-4-10-8-6-13-7-9(8)11/h8-11H,2-7H2,1H3/t8-,9-/m1/s1. The summed E-state index contributed by atoms with van der Waals surface area (Å²) in [5.74, 6) is 0. The Balaban J connectivity index is 1.93. The van der Waals surface area contributed by atoms with Crippen LogP contribution in [-0.2, 0) is 9.47 Å². The second-order valence-corrected chi connectivity index (χ2v) is 3.22. The molecule has 13 heavy (non-hydrogen) atoms. The van der Waals surface area contributed by atoms with Crippen molar-refractivity contribution < 1.29 is 14.6 Å². The Morgan fingerprint density at radius 2 is 2.38 bits per heavy atom. The van der Waals surface area contributed by atoms with Gasteiger partial charge in [-0.3, -0.25) is 0 Å². The minimum atomic E-state index is -0.341. The first-order chi connectivity index (χ1) is 6.34. The van der Waals surface area contributed by atoms with E-state index in [1.54, 1.807) is 0 Å². The van der Waals surface area contributed by atoms with Crippen molar-refractivity contribution in [3.8, 4) is 0 Å². The van der Waals surface area contributed by atoms with Gasteiger partial charge in [-0.15, -0.1) is 0 Å². The second kappa shape index (κ2) is 6.32. The normalized spacial score (nSPS) is 28.2. The van der Waals surface area contributed by atoms with E-state index >= 15 is 0 Å². The van der Waals surface area contributed by atoms with Crippen LogP contribution in [-0.4, -0.2) is 50.2 Å².